The molecule has 1 aromatic heterocycles. The van der Waals surface area contributed by atoms with Crippen molar-refractivity contribution in [3.8, 4) is 0 Å². The van der Waals surface area contributed by atoms with Crippen molar-refractivity contribution in [2.45, 2.75) is 30.2 Å². The highest BCUT2D eigenvalue weighted by molar-refractivity contribution is 7.99. The average Bonchev–Trinajstić information content (AvgIpc) is 2.61. The lowest BCUT2D eigenvalue weighted by atomic mass is 10.2. The molecule has 0 aromatic carbocycles. The molecule has 1 rings (SSSR count). The van der Waals surface area contributed by atoms with Crippen molar-refractivity contribution < 1.29 is 4.79 Å². The van der Waals surface area contributed by atoms with E-state index >= 15 is 0 Å². The maximum Gasteiger partial charge on any atom is 0.233 e. The summed E-state index contributed by atoms with van der Waals surface area (Å²) in [5, 5.41) is 8.90. The van der Waals surface area contributed by atoms with Crippen molar-refractivity contribution in [2.24, 2.45) is 12.9 Å². The Balaban J connectivity index is 2.33. The molecule has 0 aliphatic carbocycles. The van der Waals surface area contributed by atoms with Gasteiger partial charge in [-0.3, -0.25) is 10.2 Å². The predicted molar refractivity (Wildman–Crippen MR) is 57.9 cm³/mol. The van der Waals surface area contributed by atoms with Gasteiger partial charge in [-0.05, 0) is 6.42 Å². The number of carbonyl (C=O) groups excluding carboxylic acids is 1. The van der Waals surface area contributed by atoms with Gasteiger partial charge in [-0.1, -0.05) is 18.7 Å². The lowest BCUT2D eigenvalue weighted by Gasteiger charge is -2.08. The molecule has 0 bridgehead atoms. The quantitative estimate of drug-likeness (QED) is 0.323. The van der Waals surface area contributed by atoms with Crippen LogP contribution in [0.3, 0.4) is 0 Å². The summed E-state index contributed by atoms with van der Waals surface area (Å²) in [4.78, 5) is 10.9. The van der Waals surface area contributed by atoms with Crippen LogP contribution in [0.1, 0.15) is 19.8 Å². The van der Waals surface area contributed by atoms with Gasteiger partial charge in [-0.2, -0.15) is 0 Å². The number of nitrogens with one attached hydrogen (secondary N) is 1. The number of hydrazine groups is 1. The minimum Gasteiger partial charge on any atom is -0.312 e. The standard InChI is InChI=1S/C8H15N5OS/c1-6(3-4-7(14)11-9)15-8-12-10-5-13(8)2/h5-6H,3-4,9H2,1-2H3,(H,11,14). The predicted octanol–water partition coefficient (Wildman–Crippen LogP) is 0.0658. The molecule has 0 aliphatic heterocycles. The van der Waals surface area contributed by atoms with E-state index in [9.17, 15) is 4.79 Å². The summed E-state index contributed by atoms with van der Waals surface area (Å²) in [6.07, 6.45) is 2.85. The number of nitrogens with two attached hydrogens (primary N) is 1. The topological polar surface area (TPSA) is 85.8 Å². The average molecular weight is 229 g/mol. The number of hydrogen-bond donors (Lipinski definition) is 2. The Bertz CT molecular complexity index is 327. The molecule has 7 heteroatoms. The smallest absolute Gasteiger partial charge is 0.233 e. The van der Waals surface area contributed by atoms with Crippen LogP contribution in [0, 0.1) is 0 Å². The molecule has 15 heavy (non-hydrogen) atoms. The van der Waals surface area contributed by atoms with Crippen molar-refractivity contribution in [1.82, 2.24) is 20.2 Å². The van der Waals surface area contributed by atoms with Crippen LogP contribution in [0.15, 0.2) is 11.5 Å². The fourth-order valence-corrected chi connectivity index (χ4v) is 1.93. The Hall–Kier alpha value is -1.08. The molecule has 0 fully saturated rings. The molecule has 1 amide bonds. The summed E-state index contributed by atoms with van der Waals surface area (Å²) in [6.45, 7) is 2.04. The third-order valence-electron chi connectivity index (χ3n) is 1.92. The molecule has 84 valence electrons. The van der Waals surface area contributed by atoms with E-state index in [-0.39, 0.29) is 5.91 Å². The number of nitrogens with zero attached hydrogens (tertiary/aromatic N) is 3. The minimum absolute atomic E-state index is 0.139. The van der Waals surface area contributed by atoms with Gasteiger partial charge in [0.25, 0.3) is 0 Å². The van der Waals surface area contributed by atoms with E-state index in [2.05, 4.69) is 15.6 Å². The fourth-order valence-electron chi connectivity index (χ4n) is 1.02. The highest BCUT2D eigenvalue weighted by Crippen LogP contribution is 2.22. The lowest BCUT2D eigenvalue weighted by molar-refractivity contribution is -0.121. The SMILES string of the molecule is CC(CCC(=O)NN)Sc1nncn1C. The Labute approximate surface area is 92.6 Å². The Morgan fingerprint density at radius 1 is 1.80 bits per heavy atom. The number of carbonyl (C=O) groups is 1. The molecule has 1 aromatic rings. The normalized spacial score (nSPS) is 12.5. The number of rotatable bonds is 5. The van der Waals surface area contributed by atoms with Gasteiger partial charge >= 0.3 is 0 Å². The Kier molecular flexibility index (Phi) is 4.57. The van der Waals surface area contributed by atoms with Gasteiger partial charge in [0.1, 0.15) is 6.33 Å². The number of aryl methyl sites for hydroxylation is 1. The van der Waals surface area contributed by atoms with Crippen LogP contribution >= 0.6 is 11.8 Å². The molecule has 0 saturated heterocycles. The van der Waals surface area contributed by atoms with Gasteiger partial charge in [0.05, 0.1) is 0 Å². The summed E-state index contributed by atoms with van der Waals surface area (Å²) < 4.78 is 1.85. The highest BCUT2D eigenvalue weighted by atomic mass is 32.2. The van der Waals surface area contributed by atoms with Gasteiger partial charge in [0.2, 0.25) is 5.91 Å². The number of hydrogen-bond acceptors (Lipinski definition) is 5. The van der Waals surface area contributed by atoms with Crippen LogP contribution < -0.4 is 11.3 Å². The Morgan fingerprint density at radius 2 is 2.53 bits per heavy atom. The summed E-state index contributed by atoms with van der Waals surface area (Å²) >= 11 is 1.60. The van der Waals surface area contributed by atoms with Crippen LogP contribution in [-0.4, -0.2) is 25.9 Å². The molecule has 3 N–H and O–H groups in total. The van der Waals surface area contributed by atoms with E-state index < -0.39 is 0 Å². The van der Waals surface area contributed by atoms with E-state index in [4.69, 9.17) is 5.84 Å². The van der Waals surface area contributed by atoms with E-state index in [1.165, 1.54) is 0 Å². The third kappa shape index (κ3) is 3.88. The molecular weight excluding hydrogens is 214 g/mol. The van der Waals surface area contributed by atoms with Gasteiger partial charge < -0.3 is 4.57 Å². The van der Waals surface area contributed by atoms with Crippen LogP contribution in [-0.2, 0) is 11.8 Å². The molecule has 0 aliphatic rings. The second-order valence-electron chi connectivity index (χ2n) is 3.26. The van der Waals surface area contributed by atoms with Gasteiger partial charge in [0, 0.05) is 18.7 Å². The monoisotopic (exact) mass is 229 g/mol. The molecule has 1 heterocycles. The van der Waals surface area contributed by atoms with Crippen LogP contribution in [0.4, 0.5) is 0 Å². The molecule has 0 saturated carbocycles. The fraction of sp³-hybridized carbons (Fsp3) is 0.625. The molecule has 6 nitrogen and oxygen atoms in total. The van der Waals surface area contributed by atoms with Gasteiger partial charge in [-0.25, -0.2) is 5.84 Å². The van der Waals surface area contributed by atoms with Crippen molar-refractivity contribution in [3.63, 3.8) is 0 Å². The van der Waals surface area contributed by atoms with E-state index in [1.54, 1.807) is 18.1 Å². The molecule has 0 radical (unpaired) electrons. The largest absolute Gasteiger partial charge is 0.312 e. The molecule has 0 spiro atoms. The maximum atomic E-state index is 10.9. The van der Waals surface area contributed by atoms with E-state index in [1.807, 2.05) is 18.5 Å². The first-order valence-electron chi connectivity index (χ1n) is 4.63. The maximum absolute atomic E-state index is 10.9. The lowest BCUT2D eigenvalue weighted by Crippen LogP contribution is -2.30. The number of amides is 1. The van der Waals surface area contributed by atoms with Gasteiger partial charge in [-0.15, -0.1) is 10.2 Å². The Morgan fingerprint density at radius 3 is 3.07 bits per heavy atom. The first kappa shape index (κ1) is 12.0. The number of thioether (sulfide) groups is 1. The number of aromatic nitrogens is 3. The summed E-state index contributed by atoms with van der Waals surface area (Å²) in [6, 6.07) is 0. The van der Waals surface area contributed by atoms with E-state index in [0.29, 0.717) is 11.7 Å². The molecule has 1 atom stereocenters. The summed E-state index contributed by atoms with van der Waals surface area (Å²) in [5.74, 6) is 4.85. The van der Waals surface area contributed by atoms with Crippen molar-refractivity contribution >= 4 is 17.7 Å². The third-order valence-corrected chi connectivity index (χ3v) is 3.13. The first-order valence-corrected chi connectivity index (χ1v) is 5.51. The summed E-state index contributed by atoms with van der Waals surface area (Å²) in [5.41, 5.74) is 2.11. The second-order valence-corrected chi connectivity index (χ2v) is 4.66. The van der Waals surface area contributed by atoms with Crippen LogP contribution in [0.25, 0.3) is 0 Å². The molecule has 1 unspecified atom stereocenters. The zero-order valence-electron chi connectivity index (χ0n) is 8.80. The van der Waals surface area contributed by atoms with Crippen LogP contribution in [0.5, 0.6) is 0 Å². The van der Waals surface area contributed by atoms with Crippen LogP contribution in [0.2, 0.25) is 0 Å². The zero-order chi connectivity index (χ0) is 11.3. The van der Waals surface area contributed by atoms with Gasteiger partial charge in [0.15, 0.2) is 5.16 Å². The minimum atomic E-state index is -0.139. The van der Waals surface area contributed by atoms with Crippen molar-refractivity contribution in [3.05, 3.63) is 6.33 Å². The highest BCUT2D eigenvalue weighted by Gasteiger charge is 2.10. The molecular formula is C8H15N5OS. The first-order chi connectivity index (χ1) is 7.13. The summed E-state index contributed by atoms with van der Waals surface area (Å²) in [7, 11) is 1.89. The van der Waals surface area contributed by atoms with Crippen molar-refractivity contribution in [2.75, 3.05) is 0 Å². The van der Waals surface area contributed by atoms with Crippen molar-refractivity contribution in [1.29, 1.82) is 0 Å². The zero-order valence-corrected chi connectivity index (χ0v) is 9.62. The van der Waals surface area contributed by atoms with E-state index in [0.717, 1.165) is 11.6 Å². The second kappa shape index (κ2) is 5.72.